The van der Waals surface area contributed by atoms with Crippen LogP contribution in [0.5, 0.6) is 0 Å². The molecule has 0 saturated heterocycles. The third kappa shape index (κ3) is 3.61. The Kier molecular flexibility index (Phi) is 5.98. The Hall–Kier alpha value is -2.47. The summed E-state index contributed by atoms with van der Waals surface area (Å²) in [5, 5.41) is 11.5. The van der Waals surface area contributed by atoms with E-state index in [1.165, 1.54) is 11.3 Å². The topological polar surface area (TPSA) is 70.5 Å². The molecule has 1 aromatic carbocycles. The van der Waals surface area contributed by atoms with Crippen molar-refractivity contribution in [2.75, 3.05) is 6.54 Å². The normalized spacial score (nSPS) is 16.9. The van der Waals surface area contributed by atoms with Crippen LogP contribution in [-0.2, 0) is 4.79 Å². The maximum absolute atomic E-state index is 13.4. The van der Waals surface area contributed by atoms with Crippen LogP contribution in [-0.4, -0.2) is 33.2 Å². The van der Waals surface area contributed by atoms with E-state index in [4.69, 9.17) is 0 Å². The van der Waals surface area contributed by atoms with Crippen LogP contribution in [0.15, 0.2) is 35.6 Å². The number of unbranched alkanes of at least 4 members (excludes halogenated alkanes) is 2. The smallest absolute Gasteiger partial charge is 0.290 e. The number of hydrogen-bond donors (Lipinski definition) is 1. The maximum atomic E-state index is 13.4. The van der Waals surface area contributed by atoms with E-state index < -0.39 is 17.7 Å². The van der Waals surface area contributed by atoms with Crippen LogP contribution in [0.1, 0.15) is 63.7 Å². The van der Waals surface area contributed by atoms with Crippen molar-refractivity contribution in [3.05, 3.63) is 62.3 Å². The average molecular weight is 399 g/mol. The van der Waals surface area contributed by atoms with Gasteiger partial charge in [-0.05, 0) is 38.3 Å². The van der Waals surface area contributed by atoms with Gasteiger partial charge in [0, 0.05) is 6.54 Å². The minimum Gasteiger partial charge on any atom is -0.503 e. The van der Waals surface area contributed by atoms with Crippen molar-refractivity contribution in [1.82, 2.24) is 9.88 Å². The molecule has 28 heavy (non-hydrogen) atoms. The summed E-state index contributed by atoms with van der Waals surface area (Å²) in [7, 11) is 0. The molecule has 3 rings (SSSR count). The molecule has 0 radical (unpaired) electrons. The molecule has 148 valence electrons. The summed E-state index contributed by atoms with van der Waals surface area (Å²) in [5.74, 6) is -1.20. The Labute approximate surface area is 169 Å². The molecular formula is C22H26N2O3S. The molecule has 0 spiro atoms. The molecule has 6 heteroatoms. The molecule has 0 saturated carbocycles. The van der Waals surface area contributed by atoms with Gasteiger partial charge in [0.25, 0.3) is 5.91 Å². The largest absolute Gasteiger partial charge is 0.503 e. The van der Waals surface area contributed by atoms with Gasteiger partial charge in [0.15, 0.2) is 5.76 Å². The number of carbonyl (C=O) groups excluding carboxylic acids is 2. The van der Waals surface area contributed by atoms with Crippen LogP contribution in [0.4, 0.5) is 0 Å². The van der Waals surface area contributed by atoms with E-state index >= 15 is 0 Å². The Morgan fingerprint density at radius 2 is 1.93 bits per heavy atom. The number of hydrogen-bond acceptors (Lipinski definition) is 5. The highest BCUT2D eigenvalue weighted by atomic mass is 32.1. The third-order valence-electron chi connectivity index (χ3n) is 5.14. The quantitative estimate of drug-likeness (QED) is 0.535. The van der Waals surface area contributed by atoms with Gasteiger partial charge in [-0.25, -0.2) is 4.98 Å². The second-order valence-corrected chi connectivity index (χ2v) is 8.41. The Bertz CT molecular complexity index is 945. The highest BCUT2D eigenvalue weighted by Crippen LogP contribution is 2.41. The predicted molar refractivity (Wildman–Crippen MR) is 111 cm³/mol. The number of nitrogens with zero attached hydrogens (tertiary/aromatic N) is 2. The first-order valence-corrected chi connectivity index (χ1v) is 10.5. The molecule has 1 aliphatic rings. The number of benzene rings is 1. The summed E-state index contributed by atoms with van der Waals surface area (Å²) in [6, 6.07) is 7.15. The molecule has 1 atom stereocenters. The van der Waals surface area contributed by atoms with Gasteiger partial charge >= 0.3 is 0 Å². The molecule has 1 amide bonds. The predicted octanol–water partition coefficient (Wildman–Crippen LogP) is 4.84. The minimum atomic E-state index is -0.570. The molecule has 1 aliphatic heterocycles. The molecular weight excluding hydrogens is 372 g/mol. The van der Waals surface area contributed by atoms with E-state index in [0.29, 0.717) is 17.1 Å². The maximum Gasteiger partial charge on any atom is 0.290 e. The van der Waals surface area contributed by atoms with E-state index in [1.54, 1.807) is 11.8 Å². The van der Waals surface area contributed by atoms with Crippen molar-refractivity contribution >= 4 is 23.0 Å². The van der Waals surface area contributed by atoms with Crippen molar-refractivity contribution in [2.45, 2.75) is 53.0 Å². The monoisotopic (exact) mass is 398 g/mol. The van der Waals surface area contributed by atoms with E-state index in [9.17, 15) is 14.7 Å². The van der Waals surface area contributed by atoms with E-state index in [-0.39, 0.29) is 11.4 Å². The first-order chi connectivity index (χ1) is 13.4. The number of carbonyl (C=O) groups is 2. The summed E-state index contributed by atoms with van der Waals surface area (Å²) >= 11 is 1.30. The SMILES string of the molecule is CCCCCN1C(=O)C(O)=C(C(=O)c2sc(C)nc2C)C1c1ccccc1C. The number of rotatable bonds is 7. The van der Waals surface area contributed by atoms with Crippen molar-refractivity contribution in [3.63, 3.8) is 0 Å². The lowest BCUT2D eigenvalue weighted by atomic mass is 9.92. The second-order valence-electron chi connectivity index (χ2n) is 7.20. The van der Waals surface area contributed by atoms with Gasteiger partial charge in [0.2, 0.25) is 5.78 Å². The zero-order valence-electron chi connectivity index (χ0n) is 16.8. The highest BCUT2D eigenvalue weighted by molar-refractivity contribution is 7.14. The molecule has 2 aromatic rings. The zero-order chi connectivity index (χ0) is 20.4. The standard InChI is InChI=1S/C22H26N2O3S/c1-5-6-9-12-24-18(16-11-8-7-10-13(16)2)17(20(26)22(24)27)19(25)21-14(3)23-15(4)28-21/h7-8,10-11,18,26H,5-6,9,12H2,1-4H3. The van der Waals surface area contributed by atoms with Crippen LogP contribution in [0.3, 0.4) is 0 Å². The van der Waals surface area contributed by atoms with Crippen LogP contribution in [0.25, 0.3) is 0 Å². The minimum absolute atomic E-state index is 0.169. The van der Waals surface area contributed by atoms with Crippen LogP contribution in [0, 0.1) is 20.8 Å². The lowest BCUT2D eigenvalue weighted by Gasteiger charge is -2.28. The second kappa shape index (κ2) is 8.27. The summed E-state index contributed by atoms with van der Waals surface area (Å²) in [4.78, 5) is 32.7. The molecule has 5 nitrogen and oxygen atoms in total. The van der Waals surface area contributed by atoms with Gasteiger partial charge in [0.1, 0.15) is 0 Å². The number of aliphatic hydroxyl groups is 1. The fourth-order valence-electron chi connectivity index (χ4n) is 3.73. The average Bonchev–Trinajstić information content (AvgIpc) is 3.12. The van der Waals surface area contributed by atoms with Crippen molar-refractivity contribution in [2.24, 2.45) is 0 Å². The lowest BCUT2D eigenvalue weighted by molar-refractivity contribution is -0.129. The summed E-state index contributed by atoms with van der Waals surface area (Å²) < 4.78 is 0. The van der Waals surface area contributed by atoms with Gasteiger partial charge in [-0.15, -0.1) is 11.3 Å². The number of thiazole rings is 1. The molecule has 0 aliphatic carbocycles. The van der Waals surface area contributed by atoms with Crippen molar-refractivity contribution in [3.8, 4) is 0 Å². The molecule has 1 aromatic heterocycles. The van der Waals surface area contributed by atoms with Gasteiger partial charge < -0.3 is 10.0 Å². The number of aliphatic hydroxyl groups excluding tert-OH is 1. The Balaban J connectivity index is 2.09. The Morgan fingerprint density at radius 1 is 1.21 bits per heavy atom. The number of aryl methyl sites for hydroxylation is 3. The third-order valence-corrected chi connectivity index (χ3v) is 6.22. The molecule has 0 bridgehead atoms. The molecule has 1 unspecified atom stereocenters. The fraction of sp³-hybridized carbons (Fsp3) is 0.409. The number of aromatic nitrogens is 1. The van der Waals surface area contributed by atoms with Crippen LogP contribution in [0.2, 0.25) is 0 Å². The first-order valence-electron chi connectivity index (χ1n) is 9.65. The van der Waals surface area contributed by atoms with Crippen molar-refractivity contribution < 1.29 is 14.7 Å². The summed E-state index contributed by atoms with van der Waals surface area (Å²) in [6.07, 6.45) is 2.85. The lowest BCUT2D eigenvalue weighted by Crippen LogP contribution is -2.32. The molecule has 0 fully saturated rings. The number of amides is 1. The van der Waals surface area contributed by atoms with E-state index in [0.717, 1.165) is 35.4 Å². The van der Waals surface area contributed by atoms with Gasteiger partial charge in [-0.2, -0.15) is 0 Å². The van der Waals surface area contributed by atoms with Crippen LogP contribution >= 0.6 is 11.3 Å². The van der Waals surface area contributed by atoms with E-state index in [2.05, 4.69) is 11.9 Å². The first kappa shape index (κ1) is 20.3. The summed E-state index contributed by atoms with van der Waals surface area (Å²) in [5.41, 5.74) is 2.66. The van der Waals surface area contributed by atoms with Gasteiger partial charge in [0.05, 0.1) is 27.2 Å². The van der Waals surface area contributed by atoms with Crippen LogP contribution < -0.4 is 0 Å². The van der Waals surface area contributed by atoms with Crippen molar-refractivity contribution in [1.29, 1.82) is 0 Å². The van der Waals surface area contributed by atoms with E-state index in [1.807, 2.05) is 38.1 Å². The molecule has 2 heterocycles. The van der Waals surface area contributed by atoms with Gasteiger partial charge in [-0.1, -0.05) is 44.0 Å². The Morgan fingerprint density at radius 3 is 2.54 bits per heavy atom. The zero-order valence-corrected chi connectivity index (χ0v) is 17.6. The highest BCUT2D eigenvalue weighted by Gasteiger charge is 2.44. The van der Waals surface area contributed by atoms with Gasteiger partial charge in [-0.3, -0.25) is 9.59 Å². The number of Topliss-reactive ketones (excluding diaryl/α,β-unsaturated/α-hetero) is 1. The number of ketones is 1. The summed E-state index contributed by atoms with van der Waals surface area (Å²) in [6.45, 7) is 8.20. The fourth-order valence-corrected chi connectivity index (χ4v) is 4.60. The molecule has 1 N–H and O–H groups in total.